The van der Waals surface area contributed by atoms with Gasteiger partial charge in [-0.25, -0.2) is 8.42 Å². The predicted molar refractivity (Wildman–Crippen MR) is 141 cm³/mol. The number of fused-ring (bicyclic) bond motifs is 2. The smallest absolute Gasteiger partial charge is 0.297 e. The van der Waals surface area contributed by atoms with E-state index in [1.807, 2.05) is 0 Å². The third kappa shape index (κ3) is 5.42. The van der Waals surface area contributed by atoms with Gasteiger partial charge in [0.1, 0.15) is 26.1 Å². The number of nitrogens with zero attached hydrogens (tertiary/aromatic N) is 2. The van der Waals surface area contributed by atoms with Gasteiger partial charge in [-0.15, -0.1) is 10.2 Å². The van der Waals surface area contributed by atoms with Crippen LogP contribution in [0.1, 0.15) is 6.92 Å². The molecular formula is C22H18N2O12S4. The van der Waals surface area contributed by atoms with Crippen molar-refractivity contribution >= 4 is 73.1 Å². The van der Waals surface area contributed by atoms with Crippen LogP contribution in [-0.2, 0) is 40.2 Å². The Bertz CT molecular complexity index is 2190. The quantitative estimate of drug-likeness (QED) is 0.169. The summed E-state index contributed by atoms with van der Waals surface area (Å²) in [4.78, 5) is -2.75. The van der Waals surface area contributed by atoms with E-state index in [0.29, 0.717) is 6.07 Å². The van der Waals surface area contributed by atoms with Gasteiger partial charge in [-0.1, -0.05) is 31.2 Å². The van der Waals surface area contributed by atoms with Crippen molar-refractivity contribution in [3.8, 4) is 5.75 Å². The van der Waals surface area contributed by atoms with Gasteiger partial charge in [0.2, 0.25) is 0 Å². The minimum Gasteiger partial charge on any atom is -0.505 e. The molecule has 0 atom stereocenters. The number of hydrogen-bond donors (Lipinski definition) is 4. The van der Waals surface area contributed by atoms with E-state index in [2.05, 4.69) is 10.2 Å². The van der Waals surface area contributed by atoms with E-state index in [9.17, 15) is 52.4 Å². The molecule has 4 aromatic carbocycles. The summed E-state index contributed by atoms with van der Waals surface area (Å²) in [7, 11) is -18.8. The Kier molecular flexibility index (Phi) is 7.25. The number of aromatic hydroxyl groups is 1. The second kappa shape index (κ2) is 9.84. The number of phenols is 1. The van der Waals surface area contributed by atoms with Crippen molar-refractivity contribution in [3.05, 3.63) is 54.6 Å². The topological polar surface area (TPSA) is 242 Å². The molecule has 4 aromatic rings. The maximum Gasteiger partial charge on any atom is 0.297 e. The van der Waals surface area contributed by atoms with Crippen molar-refractivity contribution in [1.29, 1.82) is 0 Å². The SMILES string of the molecule is CCS(=O)(=O)c1ccc2c(S(=O)(=O)O)c(N=Nc3cc(S(=O)(=O)O)c4cccc(S(=O)(=O)O)c4c3O)ccc2c1. The van der Waals surface area contributed by atoms with Gasteiger partial charge in [-0.2, -0.15) is 25.3 Å². The molecule has 0 saturated heterocycles. The number of hydrogen-bond acceptors (Lipinski definition) is 11. The average molecular weight is 631 g/mol. The fourth-order valence-corrected chi connectivity index (χ4v) is 7.15. The van der Waals surface area contributed by atoms with E-state index in [1.165, 1.54) is 19.1 Å². The Labute approximate surface area is 227 Å². The fraction of sp³-hybridized carbons (Fsp3) is 0.0909. The van der Waals surface area contributed by atoms with Crippen LogP contribution in [0.5, 0.6) is 5.75 Å². The molecule has 0 amide bonds. The summed E-state index contributed by atoms with van der Waals surface area (Å²) in [5, 5.41) is 16.8. The van der Waals surface area contributed by atoms with E-state index < -0.39 is 82.8 Å². The first-order chi connectivity index (χ1) is 18.4. The molecule has 0 heterocycles. The summed E-state index contributed by atoms with van der Waals surface area (Å²) in [5.41, 5.74) is -1.29. The summed E-state index contributed by atoms with van der Waals surface area (Å²) >= 11 is 0. The number of phenolic OH excluding ortho intramolecular Hbond substituents is 1. The maximum atomic E-state index is 12.3. The van der Waals surface area contributed by atoms with Crippen LogP contribution in [0.3, 0.4) is 0 Å². The zero-order valence-electron chi connectivity index (χ0n) is 20.0. The zero-order chi connectivity index (χ0) is 29.8. The molecule has 0 bridgehead atoms. The number of sulfone groups is 1. The normalized spacial score (nSPS) is 13.4. The molecule has 0 radical (unpaired) electrons. The summed E-state index contributed by atoms with van der Waals surface area (Å²) in [6.45, 7) is 1.42. The molecule has 0 spiro atoms. The minimum atomic E-state index is -5.07. The predicted octanol–water partition coefficient (Wildman–Crippen LogP) is 3.65. The molecule has 14 nitrogen and oxygen atoms in total. The molecule has 4 rings (SSSR count). The van der Waals surface area contributed by atoms with Crippen LogP contribution < -0.4 is 0 Å². The Balaban J connectivity index is 2.02. The second-order valence-corrected chi connectivity index (χ2v) is 14.7. The van der Waals surface area contributed by atoms with Gasteiger partial charge in [0, 0.05) is 16.2 Å². The van der Waals surface area contributed by atoms with Crippen molar-refractivity contribution in [2.24, 2.45) is 10.2 Å². The highest BCUT2D eigenvalue weighted by atomic mass is 32.2. The molecule has 0 aliphatic rings. The van der Waals surface area contributed by atoms with Crippen LogP contribution in [0.25, 0.3) is 21.5 Å². The molecule has 0 aromatic heterocycles. The zero-order valence-corrected chi connectivity index (χ0v) is 23.3. The Morgan fingerprint density at radius 3 is 1.88 bits per heavy atom. The summed E-state index contributed by atoms with van der Waals surface area (Å²) < 4.78 is 126. The van der Waals surface area contributed by atoms with Crippen molar-refractivity contribution in [1.82, 2.24) is 0 Å². The van der Waals surface area contributed by atoms with E-state index in [1.54, 1.807) is 0 Å². The molecule has 0 aliphatic carbocycles. The number of rotatable bonds is 7. The van der Waals surface area contributed by atoms with Crippen molar-refractivity contribution < 1.29 is 52.4 Å². The highest BCUT2D eigenvalue weighted by Crippen LogP contribution is 2.43. The fourth-order valence-electron chi connectivity index (χ4n) is 3.97. The molecule has 4 N–H and O–H groups in total. The van der Waals surface area contributed by atoms with Crippen molar-refractivity contribution in [2.75, 3.05) is 5.75 Å². The lowest BCUT2D eigenvalue weighted by Gasteiger charge is -2.12. The summed E-state index contributed by atoms with van der Waals surface area (Å²) in [6, 6.07) is 9.32. The largest absolute Gasteiger partial charge is 0.505 e. The monoisotopic (exact) mass is 630 g/mol. The van der Waals surface area contributed by atoms with Crippen LogP contribution in [0.2, 0.25) is 0 Å². The van der Waals surface area contributed by atoms with E-state index in [-0.39, 0.29) is 21.4 Å². The molecular weight excluding hydrogens is 613 g/mol. The highest BCUT2D eigenvalue weighted by Gasteiger charge is 2.26. The molecule has 0 fully saturated rings. The first-order valence-corrected chi connectivity index (χ1v) is 16.8. The second-order valence-electron chi connectivity index (χ2n) is 8.25. The van der Waals surface area contributed by atoms with Gasteiger partial charge in [0.15, 0.2) is 15.6 Å². The van der Waals surface area contributed by atoms with Crippen molar-refractivity contribution in [2.45, 2.75) is 26.5 Å². The Morgan fingerprint density at radius 1 is 0.675 bits per heavy atom. The third-order valence-corrected chi connectivity index (χ3v) is 10.2. The van der Waals surface area contributed by atoms with E-state index >= 15 is 0 Å². The molecule has 0 aliphatic heterocycles. The molecule has 40 heavy (non-hydrogen) atoms. The van der Waals surface area contributed by atoms with Gasteiger partial charge >= 0.3 is 0 Å². The lowest BCUT2D eigenvalue weighted by molar-refractivity contribution is 0.472. The van der Waals surface area contributed by atoms with Crippen LogP contribution in [-0.4, -0.2) is 58.2 Å². The van der Waals surface area contributed by atoms with Gasteiger partial charge in [-0.05, 0) is 35.7 Å². The van der Waals surface area contributed by atoms with Gasteiger partial charge in [0.05, 0.1) is 10.6 Å². The van der Waals surface area contributed by atoms with E-state index in [0.717, 1.165) is 36.4 Å². The average Bonchev–Trinajstić information content (AvgIpc) is 2.85. The third-order valence-electron chi connectivity index (χ3n) is 5.78. The van der Waals surface area contributed by atoms with Crippen LogP contribution in [0.15, 0.2) is 84.4 Å². The standard InChI is InChI=1S/C22H18N2O12S4/c1-2-37(26,27)13-7-8-14-12(10-13)6-9-16(22(14)40(34,35)36)23-24-17-11-19(39(31,32)33)15-4-3-5-18(38(28,29)30)20(15)21(17)25/h3-11,25H,2H2,1H3,(H,28,29,30)(H,31,32,33)(H,34,35,36). The lowest BCUT2D eigenvalue weighted by Crippen LogP contribution is -2.04. The number of benzene rings is 4. The Morgan fingerprint density at radius 2 is 1.30 bits per heavy atom. The molecule has 18 heteroatoms. The van der Waals surface area contributed by atoms with Crippen LogP contribution >= 0.6 is 0 Å². The molecule has 0 saturated carbocycles. The minimum absolute atomic E-state index is 0.0982. The van der Waals surface area contributed by atoms with Gasteiger partial charge in [0.25, 0.3) is 30.4 Å². The maximum absolute atomic E-state index is 12.3. The molecule has 0 unspecified atom stereocenters. The lowest BCUT2D eigenvalue weighted by atomic mass is 10.1. The number of azo groups is 1. The first kappa shape index (κ1) is 29.5. The van der Waals surface area contributed by atoms with Gasteiger partial charge in [-0.3, -0.25) is 13.7 Å². The summed E-state index contributed by atoms with van der Waals surface area (Å²) in [5.74, 6) is -1.22. The van der Waals surface area contributed by atoms with Crippen LogP contribution in [0.4, 0.5) is 11.4 Å². The van der Waals surface area contributed by atoms with Gasteiger partial charge < -0.3 is 5.11 Å². The first-order valence-electron chi connectivity index (χ1n) is 10.8. The summed E-state index contributed by atoms with van der Waals surface area (Å²) in [6.07, 6.45) is 0. The Hall–Kier alpha value is -3.52. The van der Waals surface area contributed by atoms with Crippen molar-refractivity contribution in [3.63, 3.8) is 0 Å². The molecule has 212 valence electrons. The van der Waals surface area contributed by atoms with E-state index in [4.69, 9.17) is 0 Å². The van der Waals surface area contributed by atoms with Crippen LogP contribution in [0, 0.1) is 0 Å². The highest BCUT2D eigenvalue weighted by molar-refractivity contribution is 7.91.